The fraction of sp³-hybridized carbons (Fsp3) is 0.308. The summed E-state index contributed by atoms with van der Waals surface area (Å²) in [6, 6.07) is 7.34. The summed E-state index contributed by atoms with van der Waals surface area (Å²) in [6.45, 7) is 1.43. The highest BCUT2D eigenvalue weighted by Gasteiger charge is 2.15. The average molecular weight is 262 g/mol. The number of para-hydroxylation sites is 2. The lowest BCUT2D eigenvalue weighted by atomic mass is 10.3. The van der Waals surface area contributed by atoms with Crippen molar-refractivity contribution < 1.29 is 18.7 Å². The predicted molar refractivity (Wildman–Crippen MR) is 67.1 cm³/mol. The van der Waals surface area contributed by atoms with Crippen LogP contribution in [0.3, 0.4) is 0 Å². The third kappa shape index (κ3) is 3.31. The van der Waals surface area contributed by atoms with Crippen molar-refractivity contribution in [1.82, 2.24) is 4.98 Å². The number of nitrogens with two attached hydrogens (primary N) is 1. The van der Waals surface area contributed by atoms with Crippen LogP contribution in [0.25, 0.3) is 11.1 Å². The third-order valence-corrected chi connectivity index (χ3v) is 2.59. The zero-order valence-electron chi connectivity index (χ0n) is 10.5. The molecule has 0 bridgehead atoms. The number of nitrogens with zero attached hydrogens (tertiary/aromatic N) is 1. The van der Waals surface area contributed by atoms with Crippen LogP contribution in [0.1, 0.15) is 19.2 Å². The fourth-order valence-electron chi connectivity index (χ4n) is 1.55. The lowest BCUT2D eigenvalue weighted by Gasteiger charge is -2.08. The van der Waals surface area contributed by atoms with Crippen molar-refractivity contribution in [3.63, 3.8) is 0 Å². The maximum atomic E-state index is 11.4. The summed E-state index contributed by atoms with van der Waals surface area (Å²) in [5.74, 6) is -0.714. The van der Waals surface area contributed by atoms with Gasteiger partial charge in [0.15, 0.2) is 17.6 Å². The van der Waals surface area contributed by atoms with Gasteiger partial charge in [0.05, 0.1) is 6.42 Å². The Morgan fingerprint density at radius 1 is 1.42 bits per heavy atom. The minimum atomic E-state index is -0.920. The van der Waals surface area contributed by atoms with Crippen LogP contribution in [0.4, 0.5) is 0 Å². The van der Waals surface area contributed by atoms with Gasteiger partial charge in [-0.05, 0) is 19.1 Å². The smallest absolute Gasteiger partial charge is 0.307 e. The molecule has 1 aromatic carbocycles. The largest absolute Gasteiger partial charge is 0.453 e. The highest BCUT2D eigenvalue weighted by Crippen LogP contribution is 2.15. The van der Waals surface area contributed by atoms with Gasteiger partial charge in [-0.25, -0.2) is 4.98 Å². The van der Waals surface area contributed by atoms with Crippen LogP contribution in [-0.4, -0.2) is 23.0 Å². The molecule has 2 N–H and O–H groups in total. The lowest BCUT2D eigenvalue weighted by molar-refractivity contribution is -0.153. The molecule has 0 saturated heterocycles. The molecule has 2 aromatic rings. The quantitative estimate of drug-likeness (QED) is 0.816. The minimum absolute atomic E-state index is 0.0877. The van der Waals surface area contributed by atoms with Crippen molar-refractivity contribution in [3.05, 3.63) is 30.2 Å². The third-order valence-electron chi connectivity index (χ3n) is 2.59. The van der Waals surface area contributed by atoms with Crippen LogP contribution >= 0.6 is 0 Å². The molecule has 0 radical (unpaired) electrons. The number of ether oxygens (including phenoxy) is 1. The van der Waals surface area contributed by atoms with Gasteiger partial charge in [-0.1, -0.05) is 12.1 Å². The Hall–Kier alpha value is -2.37. The topological polar surface area (TPSA) is 95.4 Å². The summed E-state index contributed by atoms with van der Waals surface area (Å²) < 4.78 is 10.3. The number of fused-ring (bicyclic) bond motifs is 1. The van der Waals surface area contributed by atoms with Gasteiger partial charge < -0.3 is 14.9 Å². The monoisotopic (exact) mass is 262 g/mol. The van der Waals surface area contributed by atoms with E-state index in [-0.39, 0.29) is 6.42 Å². The molecule has 0 aliphatic heterocycles. The molecular weight excluding hydrogens is 248 g/mol. The zero-order chi connectivity index (χ0) is 13.8. The standard InChI is InChI=1S/C13H14N2O4/c1-8(13(14)17)18-12(16)7-6-11-15-9-4-2-3-5-10(9)19-11/h2-5,8H,6-7H2,1H3,(H2,14,17)/t8-/m0/s1. The van der Waals surface area contributed by atoms with E-state index in [4.69, 9.17) is 14.9 Å². The number of carbonyl (C=O) groups is 2. The maximum absolute atomic E-state index is 11.4. The van der Waals surface area contributed by atoms with Crippen LogP contribution in [0.15, 0.2) is 28.7 Å². The molecule has 0 aliphatic carbocycles. The Labute approximate surface area is 109 Å². The number of amides is 1. The molecule has 0 fully saturated rings. The molecule has 1 atom stereocenters. The molecule has 6 nitrogen and oxygen atoms in total. The van der Waals surface area contributed by atoms with E-state index in [2.05, 4.69) is 4.98 Å². The number of hydrogen-bond donors (Lipinski definition) is 1. The molecule has 19 heavy (non-hydrogen) atoms. The van der Waals surface area contributed by atoms with Gasteiger partial charge in [0.2, 0.25) is 0 Å². The van der Waals surface area contributed by atoms with Crippen LogP contribution in [-0.2, 0) is 20.7 Å². The summed E-state index contributed by atoms with van der Waals surface area (Å²) in [5, 5.41) is 0. The molecule has 0 aliphatic rings. The van der Waals surface area contributed by atoms with Crippen LogP contribution in [0.5, 0.6) is 0 Å². The fourth-order valence-corrected chi connectivity index (χ4v) is 1.55. The van der Waals surface area contributed by atoms with Gasteiger partial charge in [-0.15, -0.1) is 0 Å². The molecule has 0 spiro atoms. The van der Waals surface area contributed by atoms with Crippen LogP contribution in [0.2, 0.25) is 0 Å². The molecule has 6 heteroatoms. The molecule has 100 valence electrons. The van der Waals surface area contributed by atoms with Crippen molar-refractivity contribution >= 4 is 23.0 Å². The van der Waals surface area contributed by atoms with Gasteiger partial charge in [-0.3, -0.25) is 9.59 Å². The van der Waals surface area contributed by atoms with Crippen LogP contribution < -0.4 is 5.73 Å². The molecule has 1 heterocycles. The number of rotatable bonds is 5. The molecule has 1 amide bonds. The van der Waals surface area contributed by atoms with Crippen molar-refractivity contribution in [3.8, 4) is 0 Å². The Morgan fingerprint density at radius 3 is 2.84 bits per heavy atom. The van der Waals surface area contributed by atoms with Gasteiger partial charge in [-0.2, -0.15) is 0 Å². The number of esters is 1. The van der Waals surface area contributed by atoms with Crippen molar-refractivity contribution in [2.75, 3.05) is 0 Å². The highest BCUT2D eigenvalue weighted by atomic mass is 16.5. The Morgan fingerprint density at radius 2 is 2.16 bits per heavy atom. The van der Waals surface area contributed by atoms with E-state index in [0.29, 0.717) is 17.9 Å². The first kappa shape index (κ1) is 13.1. The number of carbonyl (C=O) groups excluding carboxylic acids is 2. The number of aromatic nitrogens is 1. The number of oxazole rings is 1. The second kappa shape index (κ2) is 5.51. The van der Waals surface area contributed by atoms with Gasteiger partial charge in [0, 0.05) is 6.42 Å². The summed E-state index contributed by atoms with van der Waals surface area (Å²) in [7, 11) is 0. The van der Waals surface area contributed by atoms with E-state index in [0.717, 1.165) is 5.52 Å². The Bertz CT molecular complexity index is 572. The predicted octanol–water partition coefficient (Wildman–Crippen LogP) is 1.18. The van der Waals surface area contributed by atoms with Crippen molar-refractivity contribution in [2.24, 2.45) is 5.73 Å². The van der Waals surface area contributed by atoms with E-state index >= 15 is 0 Å². The average Bonchev–Trinajstić information content (AvgIpc) is 2.78. The second-order valence-corrected chi connectivity index (χ2v) is 4.11. The molecule has 0 unspecified atom stereocenters. The van der Waals surface area contributed by atoms with Crippen molar-refractivity contribution in [1.29, 1.82) is 0 Å². The number of benzene rings is 1. The molecule has 2 rings (SSSR count). The highest BCUT2D eigenvalue weighted by molar-refractivity contribution is 5.81. The molecular formula is C13H14N2O4. The lowest BCUT2D eigenvalue weighted by Crippen LogP contribution is -2.30. The molecule has 0 saturated carbocycles. The summed E-state index contributed by atoms with van der Waals surface area (Å²) in [4.78, 5) is 26.4. The first-order valence-electron chi connectivity index (χ1n) is 5.89. The van der Waals surface area contributed by atoms with E-state index in [1.54, 1.807) is 6.07 Å². The van der Waals surface area contributed by atoms with Crippen LogP contribution in [0, 0.1) is 0 Å². The normalized spacial score (nSPS) is 12.3. The minimum Gasteiger partial charge on any atom is -0.453 e. The first-order chi connectivity index (χ1) is 9.06. The van der Waals surface area contributed by atoms with E-state index in [1.165, 1.54) is 6.92 Å². The van der Waals surface area contributed by atoms with E-state index < -0.39 is 18.0 Å². The number of hydrogen-bond acceptors (Lipinski definition) is 5. The van der Waals surface area contributed by atoms with Gasteiger partial charge >= 0.3 is 5.97 Å². The van der Waals surface area contributed by atoms with Gasteiger partial charge in [0.1, 0.15) is 5.52 Å². The zero-order valence-corrected chi connectivity index (χ0v) is 10.5. The number of aryl methyl sites for hydroxylation is 1. The summed E-state index contributed by atoms with van der Waals surface area (Å²) in [6.07, 6.45) is -0.514. The Kier molecular flexibility index (Phi) is 3.79. The van der Waals surface area contributed by atoms with E-state index in [1.807, 2.05) is 18.2 Å². The summed E-state index contributed by atoms with van der Waals surface area (Å²) >= 11 is 0. The Balaban J connectivity index is 1.91. The van der Waals surface area contributed by atoms with E-state index in [9.17, 15) is 9.59 Å². The molecule has 1 aromatic heterocycles. The van der Waals surface area contributed by atoms with Gasteiger partial charge in [0.25, 0.3) is 5.91 Å². The SMILES string of the molecule is C[C@H](OC(=O)CCc1nc2ccccc2o1)C(N)=O. The number of primary amides is 1. The first-order valence-corrected chi connectivity index (χ1v) is 5.89. The van der Waals surface area contributed by atoms with Crippen molar-refractivity contribution in [2.45, 2.75) is 25.9 Å². The maximum Gasteiger partial charge on any atom is 0.307 e. The summed E-state index contributed by atoms with van der Waals surface area (Å²) in [5.41, 5.74) is 6.42. The second-order valence-electron chi connectivity index (χ2n) is 4.11.